The van der Waals surface area contributed by atoms with Crippen molar-refractivity contribution in [1.82, 2.24) is 10.6 Å². The Morgan fingerprint density at radius 1 is 1.07 bits per heavy atom. The number of carbonyl (C=O) groups is 1. The number of aryl methyl sites for hydroxylation is 1. The van der Waals surface area contributed by atoms with Gasteiger partial charge in [-0.05, 0) is 43.0 Å². The summed E-state index contributed by atoms with van der Waals surface area (Å²) >= 11 is 0. The highest BCUT2D eigenvalue weighted by atomic mass is 127. The van der Waals surface area contributed by atoms with Gasteiger partial charge in [0, 0.05) is 25.3 Å². The lowest BCUT2D eigenvalue weighted by Gasteiger charge is -2.18. The molecule has 0 heterocycles. The maximum absolute atomic E-state index is 11.2. The van der Waals surface area contributed by atoms with E-state index in [1.165, 1.54) is 12.7 Å². The Balaban J connectivity index is 0.00000392. The number of methoxy groups -OCH3 is 1. The van der Waals surface area contributed by atoms with E-state index < -0.39 is 6.09 Å². The standard InChI is InChI=1S/C21H28N4O2.HI/c1-16(9-10-17-7-5-4-6-8-17)24-20(22-2)23-15-18-11-13-19(14-12-18)25-21(26)27-3;/h4-8,11-14,16H,9-10,15H2,1-3H3,(H,25,26)(H2,22,23,24);1H. The first-order chi connectivity index (χ1) is 13.1. The second-order valence-electron chi connectivity index (χ2n) is 6.31. The summed E-state index contributed by atoms with van der Waals surface area (Å²) in [5.74, 6) is 0.771. The third-order valence-electron chi connectivity index (χ3n) is 4.16. The minimum Gasteiger partial charge on any atom is -0.453 e. The van der Waals surface area contributed by atoms with Crippen molar-refractivity contribution in [2.75, 3.05) is 19.5 Å². The van der Waals surface area contributed by atoms with Gasteiger partial charge in [-0.1, -0.05) is 42.5 Å². The van der Waals surface area contributed by atoms with Crippen LogP contribution in [0.2, 0.25) is 0 Å². The minimum atomic E-state index is -0.477. The number of amides is 1. The fraction of sp³-hybridized carbons (Fsp3) is 0.333. The van der Waals surface area contributed by atoms with Gasteiger partial charge in [0.25, 0.3) is 0 Å². The van der Waals surface area contributed by atoms with Crippen LogP contribution in [0.4, 0.5) is 10.5 Å². The van der Waals surface area contributed by atoms with Crippen LogP contribution >= 0.6 is 24.0 Å². The molecule has 0 aromatic heterocycles. The summed E-state index contributed by atoms with van der Waals surface area (Å²) in [6.07, 6.45) is 1.58. The summed E-state index contributed by atoms with van der Waals surface area (Å²) in [5.41, 5.74) is 3.13. The number of hydrogen-bond acceptors (Lipinski definition) is 3. The highest BCUT2D eigenvalue weighted by Gasteiger charge is 2.06. The Morgan fingerprint density at radius 2 is 1.75 bits per heavy atom. The van der Waals surface area contributed by atoms with Crippen LogP contribution in [0.5, 0.6) is 0 Å². The van der Waals surface area contributed by atoms with E-state index in [2.05, 4.69) is 56.9 Å². The third-order valence-corrected chi connectivity index (χ3v) is 4.16. The molecule has 2 aromatic carbocycles. The van der Waals surface area contributed by atoms with Crippen LogP contribution in [-0.4, -0.2) is 32.3 Å². The van der Waals surface area contributed by atoms with E-state index in [-0.39, 0.29) is 24.0 Å². The SMILES string of the molecule is CN=C(NCc1ccc(NC(=O)OC)cc1)NC(C)CCc1ccccc1.I. The van der Waals surface area contributed by atoms with Gasteiger partial charge >= 0.3 is 6.09 Å². The zero-order valence-corrected chi connectivity index (χ0v) is 18.9. The first kappa shape index (κ1) is 23.7. The first-order valence-corrected chi connectivity index (χ1v) is 9.05. The van der Waals surface area contributed by atoms with Gasteiger partial charge in [0.1, 0.15) is 0 Å². The van der Waals surface area contributed by atoms with Gasteiger partial charge in [0.05, 0.1) is 7.11 Å². The molecule has 2 aromatic rings. The van der Waals surface area contributed by atoms with E-state index >= 15 is 0 Å². The van der Waals surface area contributed by atoms with Crippen LogP contribution in [0.25, 0.3) is 0 Å². The van der Waals surface area contributed by atoms with Crippen molar-refractivity contribution in [1.29, 1.82) is 0 Å². The second kappa shape index (κ2) is 13.0. The van der Waals surface area contributed by atoms with Crippen LogP contribution in [0.15, 0.2) is 59.6 Å². The summed E-state index contributed by atoms with van der Waals surface area (Å²) in [6, 6.07) is 18.4. The molecule has 0 radical (unpaired) electrons. The number of benzene rings is 2. The molecular formula is C21H29IN4O2. The number of rotatable bonds is 7. The van der Waals surface area contributed by atoms with E-state index in [4.69, 9.17) is 0 Å². The average molecular weight is 496 g/mol. The van der Waals surface area contributed by atoms with Crippen molar-refractivity contribution in [3.63, 3.8) is 0 Å². The fourth-order valence-electron chi connectivity index (χ4n) is 2.59. The number of guanidine groups is 1. The summed E-state index contributed by atoms with van der Waals surface area (Å²) in [5, 5.41) is 9.36. The lowest BCUT2D eigenvalue weighted by atomic mass is 10.1. The molecule has 1 atom stereocenters. The zero-order valence-electron chi connectivity index (χ0n) is 16.6. The summed E-state index contributed by atoms with van der Waals surface area (Å²) in [6.45, 7) is 2.80. The molecule has 0 aliphatic heterocycles. The Labute approximate surface area is 184 Å². The largest absolute Gasteiger partial charge is 0.453 e. The molecule has 1 amide bonds. The number of anilines is 1. The average Bonchev–Trinajstić information content (AvgIpc) is 2.71. The molecule has 0 aliphatic rings. The van der Waals surface area contributed by atoms with Crippen molar-refractivity contribution in [2.45, 2.75) is 32.4 Å². The molecule has 152 valence electrons. The number of nitrogens with one attached hydrogen (secondary N) is 3. The summed E-state index contributed by atoms with van der Waals surface area (Å²) in [4.78, 5) is 15.5. The van der Waals surface area contributed by atoms with Crippen LogP contribution in [0, 0.1) is 0 Å². The van der Waals surface area contributed by atoms with E-state index in [1.54, 1.807) is 7.05 Å². The van der Waals surface area contributed by atoms with Crippen LogP contribution < -0.4 is 16.0 Å². The van der Waals surface area contributed by atoms with Gasteiger partial charge in [-0.3, -0.25) is 10.3 Å². The predicted molar refractivity (Wildman–Crippen MR) is 125 cm³/mol. The van der Waals surface area contributed by atoms with Gasteiger partial charge < -0.3 is 15.4 Å². The Bertz CT molecular complexity index is 736. The summed E-state index contributed by atoms with van der Waals surface area (Å²) in [7, 11) is 3.11. The van der Waals surface area contributed by atoms with E-state index in [0.29, 0.717) is 18.3 Å². The van der Waals surface area contributed by atoms with E-state index in [1.807, 2.05) is 30.3 Å². The van der Waals surface area contributed by atoms with E-state index in [9.17, 15) is 4.79 Å². The quantitative estimate of drug-likeness (QED) is 0.306. The van der Waals surface area contributed by atoms with Gasteiger partial charge in [-0.25, -0.2) is 4.79 Å². The first-order valence-electron chi connectivity index (χ1n) is 9.05. The molecule has 0 saturated carbocycles. The monoisotopic (exact) mass is 496 g/mol. The Morgan fingerprint density at radius 3 is 2.36 bits per heavy atom. The topological polar surface area (TPSA) is 74.8 Å². The number of hydrogen-bond donors (Lipinski definition) is 3. The van der Waals surface area contributed by atoms with Crippen LogP contribution in [0.3, 0.4) is 0 Å². The Kier molecular flexibility index (Phi) is 11.0. The second-order valence-corrected chi connectivity index (χ2v) is 6.31. The molecule has 3 N–H and O–H groups in total. The maximum Gasteiger partial charge on any atom is 0.411 e. The molecule has 7 heteroatoms. The highest BCUT2D eigenvalue weighted by Crippen LogP contribution is 2.10. The molecule has 0 fully saturated rings. The van der Waals surface area contributed by atoms with Gasteiger partial charge in [-0.15, -0.1) is 24.0 Å². The highest BCUT2D eigenvalue weighted by molar-refractivity contribution is 14.0. The molecule has 2 rings (SSSR count). The van der Waals surface area contributed by atoms with Crippen LogP contribution in [0.1, 0.15) is 24.5 Å². The molecule has 0 aliphatic carbocycles. The third kappa shape index (κ3) is 8.60. The molecule has 0 bridgehead atoms. The van der Waals surface area contributed by atoms with Gasteiger partial charge in [-0.2, -0.15) is 0 Å². The minimum absolute atomic E-state index is 0. The smallest absolute Gasteiger partial charge is 0.411 e. The molecule has 0 spiro atoms. The molecule has 1 unspecified atom stereocenters. The predicted octanol–water partition coefficient (Wildman–Crippen LogP) is 4.17. The molecule has 0 saturated heterocycles. The lowest BCUT2D eigenvalue weighted by molar-refractivity contribution is 0.187. The molecule has 6 nitrogen and oxygen atoms in total. The van der Waals surface area contributed by atoms with Gasteiger partial charge in [0.2, 0.25) is 0 Å². The molecular weight excluding hydrogens is 467 g/mol. The maximum atomic E-state index is 11.2. The fourth-order valence-corrected chi connectivity index (χ4v) is 2.59. The zero-order chi connectivity index (χ0) is 19.5. The summed E-state index contributed by atoms with van der Waals surface area (Å²) < 4.78 is 4.58. The number of ether oxygens (including phenoxy) is 1. The lowest BCUT2D eigenvalue weighted by Crippen LogP contribution is -2.42. The van der Waals surface area contributed by atoms with Crippen molar-refractivity contribution in [3.05, 3.63) is 65.7 Å². The molecule has 28 heavy (non-hydrogen) atoms. The number of aliphatic imine (C=N–C) groups is 1. The van der Waals surface area contributed by atoms with E-state index in [0.717, 1.165) is 24.4 Å². The van der Waals surface area contributed by atoms with Crippen molar-refractivity contribution in [2.24, 2.45) is 4.99 Å². The van der Waals surface area contributed by atoms with Crippen LogP contribution in [-0.2, 0) is 17.7 Å². The van der Waals surface area contributed by atoms with Crippen molar-refractivity contribution < 1.29 is 9.53 Å². The van der Waals surface area contributed by atoms with Crippen molar-refractivity contribution >= 4 is 41.7 Å². The number of carbonyl (C=O) groups excluding carboxylic acids is 1. The normalized spacial score (nSPS) is 11.8. The number of halogens is 1. The van der Waals surface area contributed by atoms with Gasteiger partial charge in [0.15, 0.2) is 5.96 Å². The Hall–Kier alpha value is -2.29. The number of nitrogens with zero attached hydrogens (tertiary/aromatic N) is 1. The van der Waals surface area contributed by atoms with Crippen molar-refractivity contribution in [3.8, 4) is 0 Å².